The van der Waals surface area contributed by atoms with E-state index in [0.717, 1.165) is 19.4 Å². The van der Waals surface area contributed by atoms with E-state index in [1.165, 1.54) is 16.4 Å². The average molecular weight is 383 g/mol. The molecule has 3 rings (SSSR count). The number of benzene rings is 1. The van der Waals surface area contributed by atoms with Crippen molar-refractivity contribution < 1.29 is 23.1 Å². The molecule has 0 bridgehead atoms. The minimum atomic E-state index is -3.60. The Balaban J connectivity index is 1.64. The number of morpholine rings is 1. The zero-order valence-electron chi connectivity index (χ0n) is 14.6. The standard InChI is InChI=1S/C17H25N3O5S/c21-15-4-2-6-19(12-15)13-17(22)18-14-3-1-5-16(11-14)26(23,24)20-7-9-25-10-8-20/h1,3,5,11,15,21H,2,4,6-10,12-13H2,(H,18,22). The predicted molar refractivity (Wildman–Crippen MR) is 96.3 cm³/mol. The Labute approximate surface area is 153 Å². The van der Waals surface area contributed by atoms with Crippen LogP contribution in [0.2, 0.25) is 0 Å². The highest BCUT2D eigenvalue weighted by atomic mass is 32.2. The smallest absolute Gasteiger partial charge is 0.243 e. The molecule has 0 saturated carbocycles. The summed E-state index contributed by atoms with van der Waals surface area (Å²) in [6, 6.07) is 6.30. The Hall–Kier alpha value is -1.52. The topological polar surface area (TPSA) is 99.2 Å². The number of hydrogen-bond acceptors (Lipinski definition) is 6. The van der Waals surface area contributed by atoms with Gasteiger partial charge in [0.05, 0.1) is 30.8 Å². The van der Waals surface area contributed by atoms with Crippen LogP contribution in [0.25, 0.3) is 0 Å². The summed E-state index contributed by atoms with van der Waals surface area (Å²) in [6.07, 6.45) is 1.24. The molecule has 2 saturated heterocycles. The summed E-state index contributed by atoms with van der Waals surface area (Å²) < 4.78 is 32.0. The fourth-order valence-electron chi connectivity index (χ4n) is 3.25. The highest BCUT2D eigenvalue weighted by Crippen LogP contribution is 2.20. The highest BCUT2D eigenvalue weighted by Gasteiger charge is 2.26. The molecule has 0 radical (unpaired) electrons. The van der Waals surface area contributed by atoms with Gasteiger partial charge in [-0.05, 0) is 37.6 Å². The molecular formula is C17H25N3O5S. The number of carbonyl (C=O) groups is 1. The average Bonchev–Trinajstić information content (AvgIpc) is 2.62. The Bertz CT molecular complexity index is 734. The van der Waals surface area contributed by atoms with Crippen molar-refractivity contribution in [2.24, 2.45) is 0 Å². The van der Waals surface area contributed by atoms with E-state index in [1.807, 2.05) is 4.90 Å². The summed E-state index contributed by atoms with van der Waals surface area (Å²) in [7, 11) is -3.60. The second-order valence-corrected chi connectivity index (χ2v) is 8.56. The molecule has 1 aromatic rings. The minimum absolute atomic E-state index is 0.158. The molecule has 1 aromatic carbocycles. The number of amides is 1. The van der Waals surface area contributed by atoms with Gasteiger partial charge in [0.15, 0.2) is 0 Å². The maximum atomic E-state index is 12.7. The number of rotatable bonds is 5. The number of nitrogens with one attached hydrogen (secondary N) is 1. The van der Waals surface area contributed by atoms with Crippen LogP contribution in [0.3, 0.4) is 0 Å². The van der Waals surface area contributed by atoms with Gasteiger partial charge in [-0.25, -0.2) is 8.42 Å². The molecule has 8 nitrogen and oxygen atoms in total. The second kappa shape index (κ2) is 8.45. The number of sulfonamides is 1. The number of carbonyl (C=O) groups excluding carboxylic acids is 1. The molecule has 2 heterocycles. The third-order valence-corrected chi connectivity index (χ3v) is 6.47. The van der Waals surface area contributed by atoms with Gasteiger partial charge in [0.25, 0.3) is 0 Å². The van der Waals surface area contributed by atoms with Crippen LogP contribution >= 0.6 is 0 Å². The van der Waals surface area contributed by atoms with Crippen LogP contribution in [0.1, 0.15) is 12.8 Å². The van der Waals surface area contributed by atoms with E-state index in [2.05, 4.69) is 5.32 Å². The largest absolute Gasteiger partial charge is 0.392 e. The van der Waals surface area contributed by atoms with E-state index in [-0.39, 0.29) is 17.3 Å². The Morgan fingerprint density at radius 3 is 2.77 bits per heavy atom. The molecule has 2 aliphatic rings. The molecule has 26 heavy (non-hydrogen) atoms. The van der Waals surface area contributed by atoms with Crippen LogP contribution in [0.5, 0.6) is 0 Å². The van der Waals surface area contributed by atoms with Crippen molar-refractivity contribution in [3.8, 4) is 0 Å². The van der Waals surface area contributed by atoms with Gasteiger partial charge in [0.2, 0.25) is 15.9 Å². The zero-order valence-corrected chi connectivity index (χ0v) is 15.5. The number of nitrogens with zero attached hydrogens (tertiary/aromatic N) is 2. The maximum Gasteiger partial charge on any atom is 0.243 e. The number of piperidine rings is 1. The molecule has 1 unspecified atom stereocenters. The second-order valence-electron chi connectivity index (χ2n) is 6.62. The minimum Gasteiger partial charge on any atom is -0.392 e. The quantitative estimate of drug-likeness (QED) is 0.748. The van der Waals surface area contributed by atoms with Crippen molar-refractivity contribution in [2.75, 3.05) is 51.3 Å². The lowest BCUT2D eigenvalue weighted by atomic mass is 10.1. The number of likely N-dealkylation sites (tertiary alicyclic amines) is 1. The lowest BCUT2D eigenvalue weighted by molar-refractivity contribution is -0.118. The summed E-state index contributed by atoms with van der Waals surface area (Å²) in [4.78, 5) is 14.3. The zero-order chi connectivity index (χ0) is 18.6. The molecule has 0 aromatic heterocycles. The number of anilines is 1. The van der Waals surface area contributed by atoms with E-state index >= 15 is 0 Å². The Morgan fingerprint density at radius 2 is 2.04 bits per heavy atom. The highest BCUT2D eigenvalue weighted by molar-refractivity contribution is 7.89. The van der Waals surface area contributed by atoms with E-state index < -0.39 is 16.1 Å². The van der Waals surface area contributed by atoms with Gasteiger partial charge in [-0.2, -0.15) is 4.31 Å². The van der Waals surface area contributed by atoms with Crippen molar-refractivity contribution in [2.45, 2.75) is 23.8 Å². The van der Waals surface area contributed by atoms with Gasteiger partial charge in [-0.1, -0.05) is 6.07 Å². The first-order valence-electron chi connectivity index (χ1n) is 8.83. The summed E-state index contributed by atoms with van der Waals surface area (Å²) in [5.41, 5.74) is 0.446. The summed E-state index contributed by atoms with van der Waals surface area (Å²) >= 11 is 0. The van der Waals surface area contributed by atoms with Crippen molar-refractivity contribution in [1.29, 1.82) is 0 Å². The molecule has 2 aliphatic heterocycles. The van der Waals surface area contributed by atoms with Crippen LogP contribution in [-0.4, -0.2) is 80.7 Å². The number of aliphatic hydroxyl groups is 1. The van der Waals surface area contributed by atoms with Crippen LogP contribution in [0.15, 0.2) is 29.2 Å². The fourth-order valence-corrected chi connectivity index (χ4v) is 4.70. The lowest BCUT2D eigenvalue weighted by Crippen LogP contribution is -2.42. The van der Waals surface area contributed by atoms with E-state index in [1.54, 1.807) is 12.1 Å². The van der Waals surface area contributed by atoms with Crippen molar-refractivity contribution in [3.05, 3.63) is 24.3 Å². The monoisotopic (exact) mass is 383 g/mol. The molecule has 1 atom stereocenters. The lowest BCUT2D eigenvalue weighted by Gasteiger charge is -2.29. The Kier molecular flexibility index (Phi) is 6.25. The first-order chi connectivity index (χ1) is 12.4. The van der Waals surface area contributed by atoms with Gasteiger partial charge >= 0.3 is 0 Å². The third kappa shape index (κ3) is 4.80. The van der Waals surface area contributed by atoms with Gasteiger partial charge in [-0.3, -0.25) is 9.69 Å². The maximum absolute atomic E-state index is 12.7. The van der Waals surface area contributed by atoms with E-state index in [9.17, 15) is 18.3 Å². The number of ether oxygens (including phenoxy) is 1. The summed E-state index contributed by atoms with van der Waals surface area (Å²) in [5.74, 6) is -0.222. The molecule has 9 heteroatoms. The van der Waals surface area contributed by atoms with Crippen LogP contribution < -0.4 is 5.32 Å². The van der Waals surface area contributed by atoms with Gasteiger partial charge in [0, 0.05) is 25.3 Å². The molecule has 2 fully saturated rings. The SMILES string of the molecule is O=C(CN1CCCC(O)C1)Nc1cccc(S(=O)(=O)N2CCOCC2)c1. The van der Waals surface area contributed by atoms with E-state index in [0.29, 0.717) is 38.5 Å². The van der Waals surface area contributed by atoms with Crippen LogP contribution in [0.4, 0.5) is 5.69 Å². The normalized spacial score (nSPS) is 22.9. The molecule has 0 spiro atoms. The molecule has 1 amide bonds. The van der Waals surface area contributed by atoms with Crippen molar-refractivity contribution >= 4 is 21.6 Å². The number of aliphatic hydroxyl groups excluding tert-OH is 1. The van der Waals surface area contributed by atoms with E-state index in [4.69, 9.17) is 4.74 Å². The van der Waals surface area contributed by atoms with Crippen LogP contribution in [-0.2, 0) is 19.6 Å². The fraction of sp³-hybridized carbons (Fsp3) is 0.588. The van der Waals surface area contributed by atoms with Crippen molar-refractivity contribution in [1.82, 2.24) is 9.21 Å². The first kappa shape index (κ1) is 19.2. The predicted octanol–water partition coefficient (Wildman–Crippen LogP) is 0.103. The number of hydrogen-bond donors (Lipinski definition) is 2. The van der Waals surface area contributed by atoms with Gasteiger partial charge in [-0.15, -0.1) is 0 Å². The van der Waals surface area contributed by atoms with Gasteiger partial charge in [0.1, 0.15) is 0 Å². The summed E-state index contributed by atoms with van der Waals surface area (Å²) in [6.45, 7) is 2.87. The molecule has 144 valence electrons. The Morgan fingerprint density at radius 1 is 1.27 bits per heavy atom. The summed E-state index contributed by atoms with van der Waals surface area (Å²) in [5, 5.41) is 12.4. The molecule has 2 N–H and O–H groups in total. The first-order valence-corrected chi connectivity index (χ1v) is 10.3. The van der Waals surface area contributed by atoms with Crippen LogP contribution in [0, 0.1) is 0 Å². The molecule has 0 aliphatic carbocycles. The van der Waals surface area contributed by atoms with Gasteiger partial charge < -0.3 is 15.2 Å². The number of β-amino-alcohol motifs (C(OH)–C–C–N with tert-alkyl or cyclic N) is 1. The third-order valence-electron chi connectivity index (χ3n) is 4.57. The molecular weight excluding hydrogens is 358 g/mol. The van der Waals surface area contributed by atoms with Crippen molar-refractivity contribution in [3.63, 3.8) is 0 Å².